The summed E-state index contributed by atoms with van der Waals surface area (Å²) in [6.07, 6.45) is 2.47. The van der Waals surface area contributed by atoms with Crippen molar-refractivity contribution in [2.24, 2.45) is 5.41 Å². The maximum Gasteiger partial charge on any atom is 0.0964 e. The average Bonchev–Trinajstić information content (AvgIpc) is 2.98. The quantitative estimate of drug-likeness (QED) is 0.882. The Balaban J connectivity index is 1.71. The van der Waals surface area contributed by atoms with Gasteiger partial charge < -0.3 is 15.2 Å². The fourth-order valence-electron chi connectivity index (χ4n) is 3.10. The molecule has 1 saturated heterocycles. The third-order valence-electron chi connectivity index (χ3n) is 4.94. The Morgan fingerprint density at radius 1 is 1.39 bits per heavy atom. The molecule has 2 aromatic rings. The maximum absolute atomic E-state index is 10.7. The van der Waals surface area contributed by atoms with E-state index in [4.69, 9.17) is 16.3 Å². The molecule has 0 amide bonds. The van der Waals surface area contributed by atoms with Gasteiger partial charge in [-0.05, 0) is 23.8 Å². The van der Waals surface area contributed by atoms with Gasteiger partial charge in [-0.2, -0.15) is 0 Å². The fourth-order valence-corrected chi connectivity index (χ4v) is 3.32. The molecule has 0 bridgehead atoms. The van der Waals surface area contributed by atoms with Crippen molar-refractivity contribution >= 4 is 22.5 Å². The van der Waals surface area contributed by atoms with Crippen molar-refractivity contribution in [1.29, 1.82) is 0 Å². The van der Waals surface area contributed by atoms with Gasteiger partial charge in [-0.15, -0.1) is 0 Å². The summed E-state index contributed by atoms with van der Waals surface area (Å²) in [5, 5.41) is 15.9. The SMILES string of the molecule is CC(C)(CNCc1ccc(Cl)c2cccnc12)C1(O)CCOC1. The number of rotatable bonds is 5. The van der Waals surface area contributed by atoms with E-state index in [1.54, 1.807) is 6.20 Å². The molecule has 1 aliphatic heterocycles. The molecule has 0 radical (unpaired) electrons. The van der Waals surface area contributed by atoms with Crippen molar-refractivity contribution in [2.45, 2.75) is 32.4 Å². The molecule has 1 fully saturated rings. The van der Waals surface area contributed by atoms with Gasteiger partial charge in [0.1, 0.15) is 0 Å². The van der Waals surface area contributed by atoms with Gasteiger partial charge in [0.15, 0.2) is 0 Å². The second-order valence-electron chi connectivity index (χ2n) is 6.93. The molecule has 124 valence electrons. The number of hydrogen-bond donors (Lipinski definition) is 2. The first-order valence-electron chi connectivity index (χ1n) is 7.96. The Hall–Kier alpha value is -1.20. The largest absolute Gasteiger partial charge is 0.387 e. The lowest BCUT2D eigenvalue weighted by Gasteiger charge is -2.39. The molecular weight excluding hydrogens is 312 g/mol. The smallest absolute Gasteiger partial charge is 0.0964 e. The molecule has 0 aliphatic carbocycles. The summed E-state index contributed by atoms with van der Waals surface area (Å²) in [7, 11) is 0. The maximum atomic E-state index is 10.7. The number of nitrogens with zero attached hydrogens (tertiary/aromatic N) is 1. The number of halogens is 1. The van der Waals surface area contributed by atoms with E-state index in [-0.39, 0.29) is 5.41 Å². The molecule has 4 nitrogen and oxygen atoms in total. The van der Waals surface area contributed by atoms with Crippen molar-refractivity contribution < 1.29 is 9.84 Å². The van der Waals surface area contributed by atoms with Gasteiger partial charge in [0.25, 0.3) is 0 Å². The molecule has 0 saturated carbocycles. The first-order valence-corrected chi connectivity index (χ1v) is 8.34. The van der Waals surface area contributed by atoms with E-state index in [1.165, 1.54) is 0 Å². The van der Waals surface area contributed by atoms with E-state index < -0.39 is 5.60 Å². The molecule has 1 aromatic heterocycles. The summed E-state index contributed by atoms with van der Waals surface area (Å²) in [4.78, 5) is 4.45. The first kappa shape index (κ1) is 16.7. The van der Waals surface area contributed by atoms with E-state index in [2.05, 4.69) is 24.1 Å². The molecule has 2 heterocycles. The van der Waals surface area contributed by atoms with E-state index in [9.17, 15) is 5.11 Å². The summed E-state index contributed by atoms with van der Waals surface area (Å²) in [6.45, 7) is 6.58. The lowest BCUT2D eigenvalue weighted by molar-refractivity contribution is -0.0685. The molecule has 5 heteroatoms. The minimum Gasteiger partial charge on any atom is -0.387 e. The Bertz CT molecular complexity index is 696. The number of aromatic nitrogens is 1. The fraction of sp³-hybridized carbons (Fsp3) is 0.500. The molecule has 1 aromatic carbocycles. The molecule has 1 unspecified atom stereocenters. The zero-order valence-corrected chi connectivity index (χ0v) is 14.4. The van der Waals surface area contributed by atoms with Gasteiger partial charge in [0.05, 0.1) is 17.7 Å². The van der Waals surface area contributed by atoms with E-state index >= 15 is 0 Å². The first-order chi connectivity index (χ1) is 10.9. The van der Waals surface area contributed by atoms with Crippen molar-refractivity contribution in [3.05, 3.63) is 41.0 Å². The molecule has 2 N–H and O–H groups in total. The monoisotopic (exact) mass is 334 g/mol. The highest BCUT2D eigenvalue weighted by atomic mass is 35.5. The van der Waals surface area contributed by atoms with Crippen LogP contribution < -0.4 is 5.32 Å². The summed E-state index contributed by atoms with van der Waals surface area (Å²) in [5.41, 5.74) is 1.00. The number of pyridine rings is 1. The Kier molecular flexibility index (Phi) is 4.61. The summed E-state index contributed by atoms with van der Waals surface area (Å²) in [5.74, 6) is 0. The normalized spacial score (nSPS) is 21.9. The van der Waals surface area contributed by atoms with Crippen LogP contribution in [0.1, 0.15) is 25.8 Å². The Morgan fingerprint density at radius 2 is 2.22 bits per heavy atom. The minimum absolute atomic E-state index is 0.265. The molecule has 0 spiro atoms. The molecule has 1 atom stereocenters. The summed E-state index contributed by atoms with van der Waals surface area (Å²) in [6, 6.07) is 7.79. The van der Waals surface area contributed by atoms with Crippen LogP contribution in [0.25, 0.3) is 10.9 Å². The number of nitrogens with one attached hydrogen (secondary N) is 1. The van der Waals surface area contributed by atoms with Crippen molar-refractivity contribution in [3.63, 3.8) is 0 Å². The molecule has 23 heavy (non-hydrogen) atoms. The van der Waals surface area contributed by atoms with Crippen LogP contribution in [0.15, 0.2) is 30.5 Å². The predicted molar refractivity (Wildman–Crippen MR) is 92.6 cm³/mol. The van der Waals surface area contributed by atoms with Crippen LogP contribution in [0.5, 0.6) is 0 Å². The van der Waals surface area contributed by atoms with Crippen molar-refractivity contribution in [1.82, 2.24) is 10.3 Å². The topological polar surface area (TPSA) is 54.4 Å². The Labute approximate surface area is 141 Å². The van der Waals surface area contributed by atoms with Gasteiger partial charge in [0.2, 0.25) is 0 Å². The van der Waals surface area contributed by atoms with Gasteiger partial charge >= 0.3 is 0 Å². The summed E-state index contributed by atoms with van der Waals surface area (Å²) >= 11 is 6.23. The van der Waals surface area contributed by atoms with Gasteiger partial charge in [0, 0.05) is 48.1 Å². The van der Waals surface area contributed by atoms with Crippen LogP contribution in [0.3, 0.4) is 0 Å². The van der Waals surface area contributed by atoms with E-state index in [0.717, 1.165) is 21.5 Å². The van der Waals surface area contributed by atoms with Crippen molar-refractivity contribution in [3.8, 4) is 0 Å². The zero-order valence-electron chi connectivity index (χ0n) is 13.6. The number of aliphatic hydroxyl groups is 1. The third kappa shape index (κ3) is 3.22. The number of ether oxygens (including phenoxy) is 1. The number of hydrogen-bond acceptors (Lipinski definition) is 4. The molecular formula is C18H23ClN2O2. The average molecular weight is 335 g/mol. The van der Waals surface area contributed by atoms with E-state index in [0.29, 0.717) is 32.7 Å². The lowest BCUT2D eigenvalue weighted by atomic mass is 9.74. The van der Waals surface area contributed by atoms with Crippen LogP contribution >= 0.6 is 11.6 Å². The number of benzene rings is 1. The minimum atomic E-state index is -0.764. The van der Waals surface area contributed by atoms with Crippen molar-refractivity contribution in [2.75, 3.05) is 19.8 Å². The van der Waals surface area contributed by atoms with Crippen LogP contribution in [0, 0.1) is 5.41 Å². The van der Waals surface area contributed by atoms with Gasteiger partial charge in [-0.25, -0.2) is 0 Å². The van der Waals surface area contributed by atoms with Crippen LogP contribution in [0.4, 0.5) is 0 Å². The summed E-state index contributed by atoms with van der Waals surface area (Å²) < 4.78 is 5.38. The van der Waals surface area contributed by atoms with Gasteiger partial charge in [-0.3, -0.25) is 4.98 Å². The second kappa shape index (κ2) is 6.36. The lowest BCUT2D eigenvalue weighted by Crippen LogP contribution is -2.50. The highest BCUT2D eigenvalue weighted by molar-refractivity contribution is 6.35. The predicted octanol–water partition coefficient (Wildman–Crippen LogP) is 3.16. The standard InChI is InChI=1S/C18H23ClN2O2/c1-17(2,18(22)7-9-23-12-18)11-20-10-13-5-6-15(19)14-4-3-8-21-16(13)14/h3-6,8,20,22H,7,9-12H2,1-2H3. The van der Waals surface area contributed by atoms with Gasteiger partial charge in [-0.1, -0.05) is 31.5 Å². The molecule has 3 rings (SSSR count). The Morgan fingerprint density at radius 3 is 2.96 bits per heavy atom. The zero-order chi connectivity index (χ0) is 16.5. The third-order valence-corrected chi connectivity index (χ3v) is 5.27. The van der Waals surface area contributed by atoms with Crippen LogP contribution in [-0.2, 0) is 11.3 Å². The highest BCUT2D eigenvalue weighted by Crippen LogP contribution is 2.37. The second-order valence-corrected chi connectivity index (χ2v) is 7.33. The van der Waals surface area contributed by atoms with Crippen LogP contribution in [0.2, 0.25) is 5.02 Å². The van der Waals surface area contributed by atoms with E-state index in [1.807, 2.05) is 24.3 Å². The van der Waals surface area contributed by atoms with Crippen LogP contribution in [-0.4, -0.2) is 35.5 Å². The number of fused-ring (bicyclic) bond motifs is 1. The highest BCUT2D eigenvalue weighted by Gasteiger charge is 2.45. The molecule has 1 aliphatic rings.